The molecule has 2 N–H and O–H groups in total. The van der Waals surface area contributed by atoms with Crippen molar-refractivity contribution in [1.82, 2.24) is 0 Å². The molecule has 0 saturated heterocycles. The van der Waals surface area contributed by atoms with Gasteiger partial charge in [0.25, 0.3) is 0 Å². The normalized spacial score (nSPS) is 10.4. The van der Waals surface area contributed by atoms with Gasteiger partial charge in [0, 0.05) is 26.3 Å². The molecule has 0 radical (unpaired) electrons. The van der Waals surface area contributed by atoms with Gasteiger partial charge in [-0.3, -0.25) is 4.79 Å². The minimum atomic E-state index is -0.0453. The first-order valence-corrected chi connectivity index (χ1v) is 6.52. The van der Waals surface area contributed by atoms with Crippen LogP contribution in [0.4, 0.5) is 5.69 Å². The van der Waals surface area contributed by atoms with Crippen LogP contribution in [-0.2, 0) is 0 Å². The van der Waals surface area contributed by atoms with Crippen LogP contribution in [0.15, 0.2) is 40.9 Å². The zero-order chi connectivity index (χ0) is 13.3. The molecule has 0 fully saturated rings. The Hall–Kier alpha value is -1.32. The van der Waals surface area contributed by atoms with Crippen LogP contribution in [0.1, 0.15) is 21.5 Å². The predicted molar refractivity (Wildman–Crippen MR) is 78.2 cm³/mol. The van der Waals surface area contributed by atoms with Crippen molar-refractivity contribution in [3.8, 4) is 0 Å². The van der Waals surface area contributed by atoms with Gasteiger partial charge < -0.3 is 5.73 Å². The Morgan fingerprint density at radius 3 is 2.44 bits per heavy atom. The summed E-state index contributed by atoms with van der Waals surface area (Å²) in [6.45, 7) is 1.87. The maximum Gasteiger partial charge on any atom is 0.194 e. The Kier molecular flexibility index (Phi) is 3.73. The molecule has 0 amide bonds. The highest BCUT2D eigenvalue weighted by atomic mass is 79.9. The second kappa shape index (κ2) is 5.12. The van der Waals surface area contributed by atoms with Crippen LogP contribution in [0, 0.1) is 6.92 Å². The van der Waals surface area contributed by atoms with Crippen LogP contribution >= 0.6 is 27.5 Å². The molecule has 18 heavy (non-hydrogen) atoms. The predicted octanol–water partition coefficient (Wildman–Crippen LogP) is 4.22. The third-order valence-electron chi connectivity index (χ3n) is 2.67. The number of benzene rings is 2. The molecule has 0 unspecified atom stereocenters. The lowest BCUT2D eigenvalue weighted by molar-refractivity contribution is 0.103. The number of hydrogen-bond acceptors (Lipinski definition) is 2. The summed E-state index contributed by atoms with van der Waals surface area (Å²) in [7, 11) is 0. The highest BCUT2D eigenvalue weighted by molar-refractivity contribution is 9.10. The summed E-state index contributed by atoms with van der Waals surface area (Å²) in [6.07, 6.45) is 0. The summed E-state index contributed by atoms with van der Waals surface area (Å²) >= 11 is 9.22. The van der Waals surface area contributed by atoms with Crippen molar-refractivity contribution in [3.05, 3.63) is 62.6 Å². The SMILES string of the molecule is Cc1cc(N)ccc1C(=O)c1ccc(Cl)cc1Br. The molecule has 0 bridgehead atoms. The van der Waals surface area contributed by atoms with Crippen molar-refractivity contribution in [1.29, 1.82) is 0 Å². The number of nitrogen functional groups attached to an aromatic ring is 1. The molecule has 2 nitrogen and oxygen atoms in total. The molecular weight excluding hydrogens is 314 g/mol. The van der Waals surface area contributed by atoms with E-state index in [1.54, 1.807) is 36.4 Å². The van der Waals surface area contributed by atoms with E-state index in [2.05, 4.69) is 15.9 Å². The summed E-state index contributed by atoms with van der Waals surface area (Å²) in [5.74, 6) is -0.0453. The summed E-state index contributed by atoms with van der Waals surface area (Å²) in [5.41, 5.74) is 8.43. The van der Waals surface area contributed by atoms with Crippen molar-refractivity contribution in [2.45, 2.75) is 6.92 Å². The Balaban J connectivity index is 2.48. The highest BCUT2D eigenvalue weighted by Crippen LogP contribution is 2.25. The van der Waals surface area contributed by atoms with Crippen LogP contribution in [-0.4, -0.2) is 5.78 Å². The molecule has 4 heteroatoms. The average Bonchev–Trinajstić information content (AvgIpc) is 2.28. The van der Waals surface area contributed by atoms with Gasteiger partial charge in [-0.25, -0.2) is 0 Å². The first-order valence-electron chi connectivity index (χ1n) is 5.35. The summed E-state index contributed by atoms with van der Waals surface area (Å²) in [6, 6.07) is 10.4. The van der Waals surface area contributed by atoms with Crippen molar-refractivity contribution in [3.63, 3.8) is 0 Å². The molecular formula is C14H11BrClNO. The van der Waals surface area contributed by atoms with Gasteiger partial charge in [0.2, 0.25) is 0 Å². The number of nitrogens with two attached hydrogens (primary N) is 1. The van der Waals surface area contributed by atoms with Gasteiger partial charge in [-0.2, -0.15) is 0 Å². The van der Waals surface area contributed by atoms with Gasteiger partial charge in [0.05, 0.1) is 0 Å². The topological polar surface area (TPSA) is 43.1 Å². The molecule has 2 rings (SSSR count). The largest absolute Gasteiger partial charge is 0.399 e. The Labute approximate surface area is 119 Å². The number of carbonyl (C=O) groups is 1. The number of aryl methyl sites for hydroxylation is 1. The van der Waals surface area contributed by atoms with Gasteiger partial charge in [-0.05, 0) is 64.8 Å². The van der Waals surface area contributed by atoms with Gasteiger partial charge >= 0.3 is 0 Å². The Morgan fingerprint density at radius 2 is 1.83 bits per heavy atom. The van der Waals surface area contributed by atoms with Crippen molar-refractivity contribution >= 4 is 39.0 Å². The van der Waals surface area contributed by atoms with E-state index in [0.29, 0.717) is 26.3 Å². The monoisotopic (exact) mass is 323 g/mol. The fourth-order valence-corrected chi connectivity index (χ4v) is 2.62. The van der Waals surface area contributed by atoms with Crippen LogP contribution in [0.2, 0.25) is 5.02 Å². The number of hydrogen-bond donors (Lipinski definition) is 1. The standard InChI is InChI=1S/C14H11BrClNO/c1-8-6-10(17)3-5-11(8)14(18)12-4-2-9(16)7-13(12)15/h2-7H,17H2,1H3. The fraction of sp³-hybridized carbons (Fsp3) is 0.0714. The van der Waals surface area contributed by atoms with E-state index in [-0.39, 0.29) is 5.78 Å². The number of halogens is 2. The lowest BCUT2D eigenvalue weighted by Crippen LogP contribution is -2.05. The molecule has 0 saturated carbocycles. The molecule has 0 spiro atoms. The van der Waals surface area contributed by atoms with E-state index in [1.807, 2.05) is 6.92 Å². The number of anilines is 1. The molecule has 2 aromatic carbocycles. The van der Waals surface area contributed by atoms with Crippen molar-refractivity contribution in [2.75, 3.05) is 5.73 Å². The van der Waals surface area contributed by atoms with Crippen molar-refractivity contribution < 1.29 is 4.79 Å². The van der Waals surface area contributed by atoms with Gasteiger partial charge in [0.1, 0.15) is 0 Å². The fourth-order valence-electron chi connectivity index (χ4n) is 1.76. The van der Waals surface area contributed by atoms with Crippen LogP contribution in [0.25, 0.3) is 0 Å². The smallest absolute Gasteiger partial charge is 0.194 e. The Bertz CT molecular complexity index is 572. The zero-order valence-corrected chi connectivity index (χ0v) is 12.0. The summed E-state index contributed by atoms with van der Waals surface area (Å²) in [4.78, 5) is 12.4. The van der Waals surface area contributed by atoms with Gasteiger partial charge in [0.15, 0.2) is 5.78 Å². The minimum absolute atomic E-state index is 0.0453. The zero-order valence-electron chi connectivity index (χ0n) is 9.71. The second-order valence-corrected chi connectivity index (χ2v) is 5.32. The van der Waals surface area contributed by atoms with E-state index in [1.165, 1.54) is 0 Å². The van der Waals surface area contributed by atoms with E-state index >= 15 is 0 Å². The van der Waals surface area contributed by atoms with Crippen LogP contribution in [0.5, 0.6) is 0 Å². The number of carbonyl (C=O) groups excluding carboxylic acids is 1. The van der Waals surface area contributed by atoms with Crippen molar-refractivity contribution in [2.24, 2.45) is 0 Å². The molecule has 0 aliphatic carbocycles. The average molecular weight is 325 g/mol. The molecule has 0 aromatic heterocycles. The third kappa shape index (κ3) is 2.57. The molecule has 0 atom stereocenters. The molecule has 0 aliphatic heterocycles. The molecule has 0 aliphatic rings. The second-order valence-electron chi connectivity index (χ2n) is 4.03. The minimum Gasteiger partial charge on any atom is -0.399 e. The number of ketones is 1. The quantitative estimate of drug-likeness (QED) is 0.664. The summed E-state index contributed by atoms with van der Waals surface area (Å²) < 4.78 is 0.691. The first-order chi connectivity index (χ1) is 8.49. The first kappa shape index (κ1) is 13.1. The molecule has 0 heterocycles. The number of rotatable bonds is 2. The Morgan fingerprint density at radius 1 is 1.17 bits per heavy atom. The van der Waals surface area contributed by atoms with E-state index < -0.39 is 0 Å². The van der Waals surface area contributed by atoms with Crippen LogP contribution in [0.3, 0.4) is 0 Å². The maximum absolute atomic E-state index is 12.4. The summed E-state index contributed by atoms with van der Waals surface area (Å²) in [5, 5.41) is 0.590. The van der Waals surface area contributed by atoms with E-state index in [0.717, 1.165) is 5.56 Å². The van der Waals surface area contributed by atoms with Crippen LogP contribution < -0.4 is 5.73 Å². The van der Waals surface area contributed by atoms with E-state index in [4.69, 9.17) is 17.3 Å². The molecule has 2 aromatic rings. The lowest BCUT2D eigenvalue weighted by atomic mass is 9.99. The molecule has 92 valence electrons. The maximum atomic E-state index is 12.4. The van der Waals surface area contributed by atoms with Gasteiger partial charge in [-0.1, -0.05) is 11.6 Å². The lowest BCUT2D eigenvalue weighted by Gasteiger charge is -2.08. The third-order valence-corrected chi connectivity index (χ3v) is 3.56. The van der Waals surface area contributed by atoms with Gasteiger partial charge in [-0.15, -0.1) is 0 Å². The highest BCUT2D eigenvalue weighted by Gasteiger charge is 2.14. The van der Waals surface area contributed by atoms with E-state index in [9.17, 15) is 4.79 Å².